The molecular weight excluding hydrogens is 193 g/mol. The number of halogens is 2. The van der Waals surface area contributed by atoms with Gasteiger partial charge in [0.15, 0.2) is 0 Å². The highest BCUT2D eigenvalue weighted by Gasteiger charge is 2.15. The van der Waals surface area contributed by atoms with Crippen LogP contribution in [0, 0.1) is 5.82 Å². The van der Waals surface area contributed by atoms with E-state index >= 15 is 0 Å². The van der Waals surface area contributed by atoms with Crippen LogP contribution in [0.1, 0.15) is 18.6 Å². The topological polar surface area (TPSA) is 46.2 Å². The zero-order valence-electron chi connectivity index (χ0n) is 7.17. The molecule has 13 heavy (non-hydrogen) atoms. The molecule has 0 radical (unpaired) electrons. The van der Waals surface area contributed by atoms with Gasteiger partial charge in [0, 0.05) is 16.6 Å². The van der Waals surface area contributed by atoms with Crippen LogP contribution in [0.4, 0.5) is 4.39 Å². The summed E-state index contributed by atoms with van der Waals surface area (Å²) in [5.41, 5.74) is 5.93. The lowest BCUT2D eigenvalue weighted by atomic mass is 10.0. The Kier molecular flexibility index (Phi) is 3.25. The number of nitrogens with two attached hydrogens (primary N) is 1. The van der Waals surface area contributed by atoms with Crippen molar-refractivity contribution in [3.05, 3.63) is 34.6 Å². The molecule has 1 aromatic carbocycles. The van der Waals surface area contributed by atoms with Crippen LogP contribution in [0.25, 0.3) is 0 Å². The molecule has 0 fully saturated rings. The normalized spacial score (nSPS) is 15.5. The second kappa shape index (κ2) is 4.05. The van der Waals surface area contributed by atoms with Gasteiger partial charge in [-0.15, -0.1) is 0 Å². The summed E-state index contributed by atoms with van der Waals surface area (Å²) in [6.45, 7) is 1.66. The number of rotatable bonds is 2. The molecule has 0 spiro atoms. The zero-order chi connectivity index (χ0) is 10.0. The van der Waals surface area contributed by atoms with E-state index in [1.807, 2.05) is 0 Å². The van der Waals surface area contributed by atoms with Crippen molar-refractivity contribution in [1.82, 2.24) is 0 Å². The van der Waals surface area contributed by atoms with Crippen molar-refractivity contribution in [2.75, 3.05) is 0 Å². The molecule has 0 aliphatic heterocycles. The standard InChI is InChI=1S/C9H11ClFNO/c1-5(12)9(13)7-3-2-6(11)4-8(7)10/h2-5,9,13H,12H2,1H3. The lowest BCUT2D eigenvalue weighted by Crippen LogP contribution is -2.24. The van der Waals surface area contributed by atoms with E-state index in [-0.39, 0.29) is 5.02 Å². The summed E-state index contributed by atoms with van der Waals surface area (Å²) in [5.74, 6) is -0.425. The summed E-state index contributed by atoms with van der Waals surface area (Å²) < 4.78 is 12.6. The molecule has 0 aromatic heterocycles. The minimum absolute atomic E-state index is 0.199. The second-order valence-electron chi connectivity index (χ2n) is 2.97. The summed E-state index contributed by atoms with van der Waals surface area (Å²) in [7, 11) is 0. The fourth-order valence-electron chi connectivity index (χ4n) is 1.02. The van der Waals surface area contributed by atoms with E-state index in [0.29, 0.717) is 5.56 Å². The van der Waals surface area contributed by atoms with Crippen LogP contribution in [0.3, 0.4) is 0 Å². The van der Waals surface area contributed by atoms with Gasteiger partial charge in [-0.05, 0) is 19.1 Å². The van der Waals surface area contributed by atoms with Crippen LogP contribution in [0.15, 0.2) is 18.2 Å². The van der Waals surface area contributed by atoms with Crippen LogP contribution >= 0.6 is 11.6 Å². The Bertz CT molecular complexity index is 304. The summed E-state index contributed by atoms with van der Waals surface area (Å²) in [4.78, 5) is 0. The average Bonchev–Trinajstić information content (AvgIpc) is 2.03. The Balaban J connectivity index is 3.01. The maximum atomic E-state index is 12.6. The van der Waals surface area contributed by atoms with E-state index in [0.717, 1.165) is 6.07 Å². The van der Waals surface area contributed by atoms with Gasteiger partial charge in [-0.25, -0.2) is 4.39 Å². The lowest BCUT2D eigenvalue weighted by Gasteiger charge is -2.15. The molecule has 0 heterocycles. The molecule has 0 saturated carbocycles. The molecule has 72 valence electrons. The number of hydrogen-bond donors (Lipinski definition) is 2. The number of hydrogen-bond acceptors (Lipinski definition) is 2. The van der Waals surface area contributed by atoms with Crippen molar-refractivity contribution in [3.8, 4) is 0 Å². The van der Waals surface area contributed by atoms with E-state index in [1.165, 1.54) is 12.1 Å². The van der Waals surface area contributed by atoms with Crippen LogP contribution in [0.2, 0.25) is 5.02 Å². The molecule has 2 nitrogen and oxygen atoms in total. The molecule has 2 unspecified atom stereocenters. The molecule has 3 N–H and O–H groups in total. The molecule has 0 amide bonds. The minimum atomic E-state index is -0.854. The molecule has 1 aromatic rings. The maximum absolute atomic E-state index is 12.6. The van der Waals surface area contributed by atoms with E-state index in [1.54, 1.807) is 6.92 Å². The molecule has 0 aliphatic carbocycles. The summed E-state index contributed by atoms with van der Waals surface area (Å²) in [6.07, 6.45) is -0.854. The van der Waals surface area contributed by atoms with Crippen molar-refractivity contribution in [1.29, 1.82) is 0 Å². The van der Waals surface area contributed by atoms with Crippen molar-refractivity contribution in [3.63, 3.8) is 0 Å². The third kappa shape index (κ3) is 2.40. The Morgan fingerprint density at radius 1 is 1.54 bits per heavy atom. The number of benzene rings is 1. The lowest BCUT2D eigenvalue weighted by molar-refractivity contribution is 0.153. The quantitative estimate of drug-likeness (QED) is 0.771. The zero-order valence-corrected chi connectivity index (χ0v) is 7.92. The molecule has 4 heteroatoms. The maximum Gasteiger partial charge on any atom is 0.124 e. The first-order valence-electron chi connectivity index (χ1n) is 3.91. The SMILES string of the molecule is CC(N)C(O)c1ccc(F)cc1Cl. The highest BCUT2D eigenvalue weighted by molar-refractivity contribution is 6.31. The van der Waals surface area contributed by atoms with Gasteiger partial charge in [0.05, 0.1) is 6.10 Å². The van der Waals surface area contributed by atoms with Gasteiger partial charge in [0.25, 0.3) is 0 Å². The first-order chi connectivity index (χ1) is 6.02. The monoisotopic (exact) mass is 203 g/mol. The summed E-state index contributed by atoms with van der Waals surface area (Å²) in [5, 5.41) is 9.74. The summed E-state index contributed by atoms with van der Waals surface area (Å²) in [6, 6.07) is 3.41. The van der Waals surface area contributed by atoms with Crippen molar-refractivity contribution >= 4 is 11.6 Å². The first-order valence-corrected chi connectivity index (χ1v) is 4.28. The Morgan fingerprint density at radius 3 is 2.62 bits per heavy atom. The van der Waals surface area contributed by atoms with Crippen molar-refractivity contribution in [2.24, 2.45) is 5.73 Å². The van der Waals surface area contributed by atoms with Crippen LogP contribution < -0.4 is 5.73 Å². The molecule has 1 rings (SSSR count). The van der Waals surface area contributed by atoms with Crippen LogP contribution in [-0.4, -0.2) is 11.1 Å². The van der Waals surface area contributed by atoms with Gasteiger partial charge < -0.3 is 10.8 Å². The first kappa shape index (κ1) is 10.4. The Labute approximate surface area is 81.1 Å². The molecule has 2 atom stereocenters. The number of aliphatic hydroxyl groups excluding tert-OH is 1. The predicted molar refractivity (Wildman–Crippen MR) is 50.0 cm³/mol. The Hall–Kier alpha value is -0.640. The van der Waals surface area contributed by atoms with Gasteiger partial charge >= 0.3 is 0 Å². The molecule has 0 saturated heterocycles. The Morgan fingerprint density at radius 2 is 2.15 bits per heavy atom. The smallest absolute Gasteiger partial charge is 0.124 e. The van der Waals surface area contributed by atoms with Gasteiger partial charge in [0.1, 0.15) is 5.82 Å². The second-order valence-corrected chi connectivity index (χ2v) is 3.38. The van der Waals surface area contributed by atoms with Crippen molar-refractivity contribution in [2.45, 2.75) is 19.1 Å². The largest absolute Gasteiger partial charge is 0.387 e. The third-order valence-corrected chi connectivity index (χ3v) is 2.11. The van der Waals surface area contributed by atoms with Gasteiger partial charge in [0.2, 0.25) is 0 Å². The van der Waals surface area contributed by atoms with E-state index in [9.17, 15) is 9.50 Å². The van der Waals surface area contributed by atoms with Crippen LogP contribution in [-0.2, 0) is 0 Å². The van der Waals surface area contributed by atoms with E-state index < -0.39 is 18.0 Å². The van der Waals surface area contributed by atoms with Crippen molar-refractivity contribution < 1.29 is 9.50 Å². The molecular formula is C9H11ClFNO. The summed E-state index contributed by atoms with van der Waals surface area (Å²) >= 11 is 5.71. The predicted octanol–water partition coefficient (Wildman–Crippen LogP) is 1.86. The average molecular weight is 204 g/mol. The highest BCUT2D eigenvalue weighted by atomic mass is 35.5. The number of aliphatic hydroxyl groups is 1. The van der Waals surface area contributed by atoms with Crippen LogP contribution in [0.5, 0.6) is 0 Å². The fraction of sp³-hybridized carbons (Fsp3) is 0.333. The van der Waals surface area contributed by atoms with Gasteiger partial charge in [-0.1, -0.05) is 17.7 Å². The minimum Gasteiger partial charge on any atom is -0.387 e. The highest BCUT2D eigenvalue weighted by Crippen LogP contribution is 2.25. The van der Waals surface area contributed by atoms with Gasteiger partial charge in [-0.2, -0.15) is 0 Å². The van der Waals surface area contributed by atoms with E-state index in [2.05, 4.69) is 0 Å². The van der Waals surface area contributed by atoms with E-state index in [4.69, 9.17) is 17.3 Å². The van der Waals surface area contributed by atoms with Gasteiger partial charge in [-0.3, -0.25) is 0 Å². The fourth-order valence-corrected chi connectivity index (χ4v) is 1.30. The molecule has 0 bridgehead atoms. The third-order valence-electron chi connectivity index (χ3n) is 1.78. The molecule has 0 aliphatic rings.